The lowest BCUT2D eigenvalue weighted by Crippen LogP contribution is -2.11. The van der Waals surface area contributed by atoms with Crippen LogP contribution in [0.25, 0.3) is 0 Å². The highest BCUT2D eigenvalue weighted by atomic mass is 19.4. The maximum absolute atomic E-state index is 12.5. The Labute approximate surface area is 111 Å². The number of nitrogens with one attached hydrogen (secondary N) is 1. The molecule has 1 aromatic carbocycles. The molecule has 1 N–H and O–H groups in total. The molecule has 0 aromatic heterocycles. The maximum atomic E-state index is 12.5. The minimum atomic E-state index is -4.32. The van der Waals surface area contributed by atoms with Crippen molar-refractivity contribution in [3.8, 4) is 6.07 Å². The molecule has 0 aliphatic carbocycles. The van der Waals surface area contributed by atoms with Crippen molar-refractivity contribution in [1.82, 2.24) is 0 Å². The van der Waals surface area contributed by atoms with Crippen LogP contribution in [0.2, 0.25) is 0 Å². The molecule has 0 aliphatic heterocycles. The van der Waals surface area contributed by atoms with E-state index in [4.69, 9.17) is 5.26 Å². The Morgan fingerprint density at radius 1 is 1.26 bits per heavy atom. The van der Waals surface area contributed by atoms with Crippen molar-refractivity contribution in [3.63, 3.8) is 0 Å². The first kappa shape index (κ1) is 15.4. The zero-order valence-electron chi connectivity index (χ0n) is 11.0. The molecule has 19 heavy (non-hydrogen) atoms. The highest BCUT2D eigenvalue weighted by molar-refractivity contribution is 5.46. The highest BCUT2D eigenvalue weighted by Gasteiger charge is 2.30. The molecule has 104 valence electrons. The van der Waals surface area contributed by atoms with E-state index in [1.54, 1.807) is 6.07 Å². The Kier molecular flexibility index (Phi) is 4.82. The molecule has 0 amide bonds. The van der Waals surface area contributed by atoms with Gasteiger partial charge in [-0.15, -0.1) is 0 Å². The van der Waals surface area contributed by atoms with E-state index in [1.807, 2.05) is 13.8 Å². The standard InChI is InChI=1S/C14H17F3N2/c1-13(2,10-18)7-4-8-19-12-6-3-5-11(9-12)14(15,16)17/h3,5-6,9,19H,4,7-8H2,1-2H3. The molecule has 0 fully saturated rings. The van der Waals surface area contributed by atoms with E-state index in [0.717, 1.165) is 18.6 Å². The predicted molar refractivity (Wildman–Crippen MR) is 68.6 cm³/mol. The average molecular weight is 270 g/mol. The summed E-state index contributed by atoms with van der Waals surface area (Å²) in [6, 6.07) is 7.31. The van der Waals surface area contributed by atoms with Gasteiger partial charge in [0, 0.05) is 12.2 Å². The third kappa shape index (κ3) is 5.21. The second-order valence-corrected chi connectivity index (χ2v) is 5.10. The first-order valence-corrected chi connectivity index (χ1v) is 6.07. The van der Waals surface area contributed by atoms with Gasteiger partial charge in [0.2, 0.25) is 0 Å². The maximum Gasteiger partial charge on any atom is 0.416 e. The van der Waals surface area contributed by atoms with Crippen LogP contribution in [0, 0.1) is 16.7 Å². The quantitative estimate of drug-likeness (QED) is 0.802. The minimum Gasteiger partial charge on any atom is -0.385 e. The van der Waals surface area contributed by atoms with Crippen molar-refractivity contribution in [1.29, 1.82) is 5.26 Å². The smallest absolute Gasteiger partial charge is 0.385 e. The molecule has 5 heteroatoms. The first-order chi connectivity index (χ1) is 8.74. The number of hydrogen-bond acceptors (Lipinski definition) is 2. The van der Waals surface area contributed by atoms with Gasteiger partial charge in [-0.2, -0.15) is 18.4 Å². The Bertz CT molecular complexity index is 458. The van der Waals surface area contributed by atoms with Crippen molar-refractivity contribution < 1.29 is 13.2 Å². The molecule has 0 aliphatic rings. The number of nitriles is 1. The van der Waals surface area contributed by atoms with Gasteiger partial charge < -0.3 is 5.32 Å². The molecule has 1 rings (SSSR count). The molecule has 0 heterocycles. The van der Waals surface area contributed by atoms with Crippen LogP contribution in [0.3, 0.4) is 0 Å². The van der Waals surface area contributed by atoms with E-state index in [-0.39, 0.29) is 0 Å². The second-order valence-electron chi connectivity index (χ2n) is 5.10. The number of rotatable bonds is 5. The zero-order chi connectivity index (χ0) is 14.5. The Balaban J connectivity index is 2.49. The van der Waals surface area contributed by atoms with Gasteiger partial charge in [0.25, 0.3) is 0 Å². The Morgan fingerprint density at radius 2 is 1.95 bits per heavy atom. The summed E-state index contributed by atoms with van der Waals surface area (Å²) in [5.41, 5.74) is -0.602. The summed E-state index contributed by atoms with van der Waals surface area (Å²) in [6.45, 7) is 4.24. The van der Waals surface area contributed by atoms with Gasteiger partial charge in [-0.25, -0.2) is 0 Å². The number of nitrogens with zero attached hydrogens (tertiary/aromatic N) is 1. The normalized spacial score (nSPS) is 12.0. The fraction of sp³-hybridized carbons (Fsp3) is 0.500. The molecule has 0 spiro atoms. The fourth-order valence-corrected chi connectivity index (χ4v) is 1.62. The van der Waals surface area contributed by atoms with E-state index >= 15 is 0 Å². The van der Waals surface area contributed by atoms with Crippen LogP contribution in [0.5, 0.6) is 0 Å². The van der Waals surface area contributed by atoms with Crippen LogP contribution >= 0.6 is 0 Å². The van der Waals surface area contributed by atoms with Crippen LogP contribution in [0.15, 0.2) is 24.3 Å². The third-order valence-corrected chi connectivity index (χ3v) is 2.80. The molecule has 0 saturated carbocycles. The lowest BCUT2D eigenvalue weighted by Gasteiger charge is -2.15. The Hall–Kier alpha value is -1.70. The zero-order valence-corrected chi connectivity index (χ0v) is 11.0. The number of hydrogen-bond donors (Lipinski definition) is 1. The lowest BCUT2D eigenvalue weighted by molar-refractivity contribution is -0.137. The largest absolute Gasteiger partial charge is 0.416 e. The summed E-state index contributed by atoms with van der Waals surface area (Å²) < 4.78 is 37.5. The average Bonchev–Trinajstić information content (AvgIpc) is 2.34. The van der Waals surface area contributed by atoms with Crippen LogP contribution in [-0.2, 0) is 6.18 Å². The summed E-state index contributed by atoms with van der Waals surface area (Å²) in [5, 5.41) is 11.8. The molecule has 0 atom stereocenters. The van der Waals surface area contributed by atoms with Crippen LogP contribution in [-0.4, -0.2) is 6.54 Å². The summed E-state index contributed by atoms with van der Waals surface area (Å²) in [6.07, 6.45) is -2.88. The molecule has 0 unspecified atom stereocenters. The summed E-state index contributed by atoms with van der Waals surface area (Å²) in [5.74, 6) is 0. The van der Waals surface area contributed by atoms with Crippen molar-refractivity contribution in [2.75, 3.05) is 11.9 Å². The van der Waals surface area contributed by atoms with E-state index in [0.29, 0.717) is 18.7 Å². The van der Waals surface area contributed by atoms with Gasteiger partial charge in [0.05, 0.1) is 17.0 Å². The SMILES string of the molecule is CC(C)(C#N)CCCNc1cccc(C(F)(F)F)c1. The van der Waals surface area contributed by atoms with E-state index < -0.39 is 17.2 Å². The van der Waals surface area contributed by atoms with Gasteiger partial charge >= 0.3 is 6.18 Å². The molecule has 0 radical (unpaired) electrons. The number of anilines is 1. The molecular weight excluding hydrogens is 253 g/mol. The molecule has 0 bridgehead atoms. The van der Waals surface area contributed by atoms with Crippen molar-refractivity contribution >= 4 is 5.69 Å². The predicted octanol–water partition coefficient (Wildman–Crippen LogP) is 4.45. The monoisotopic (exact) mass is 270 g/mol. The molecule has 0 saturated heterocycles. The van der Waals surface area contributed by atoms with Gasteiger partial charge in [-0.3, -0.25) is 0 Å². The molecule has 1 aromatic rings. The first-order valence-electron chi connectivity index (χ1n) is 6.07. The topological polar surface area (TPSA) is 35.8 Å². The number of halogens is 3. The van der Waals surface area contributed by atoms with E-state index in [1.165, 1.54) is 6.07 Å². The Morgan fingerprint density at radius 3 is 2.53 bits per heavy atom. The van der Waals surface area contributed by atoms with Gasteiger partial charge in [-0.05, 0) is 44.9 Å². The fourth-order valence-electron chi connectivity index (χ4n) is 1.62. The summed E-state index contributed by atoms with van der Waals surface area (Å²) in [7, 11) is 0. The third-order valence-electron chi connectivity index (χ3n) is 2.80. The van der Waals surface area contributed by atoms with Crippen LogP contribution in [0.4, 0.5) is 18.9 Å². The van der Waals surface area contributed by atoms with Crippen LogP contribution < -0.4 is 5.32 Å². The minimum absolute atomic E-state index is 0.393. The van der Waals surface area contributed by atoms with Crippen molar-refractivity contribution in [2.24, 2.45) is 5.41 Å². The second kappa shape index (κ2) is 5.96. The number of benzene rings is 1. The summed E-state index contributed by atoms with van der Waals surface area (Å²) in [4.78, 5) is 0. The van der Waals surface area contributed by atoms with E-state index in [9.17, 15) is 13.2 Å². The highest BCUT2D eigenvalue weighted by Crippen LogP contribution is 2.30. The van der Waals surface area contributed by atoms with Gasteiger partial charge in [0.15, 0.2) is 0 Å². The molecule has 2 nitrogen and oxygen atoms in total. The van der Waals surface area contributed by atoms with E-state index in [2.05, 4.69) is 11.4 Å². The lowest BCUT2D eigenvalue weighted by atomic mass is 9.90. The van der Waals surface area contributed by atoms with Crippen LogP contribution in [0.1, 0.15) is 32.3 Å². The van der Waals surface area contributed by atoms with Crippen molar-refractivity contribution in [3.05, 3.63) is 29.8 Å². The summed E-state index contributed by atoms with van der Waals surface area (Å²) >= 11 is 0. The molecular formula is C14H17F3N2. The number of alkyl halides is 3. The van der Waals surface area contributed by atoms with Crippen molar-refractivity contribution in [2.45, 2.75) is 32.9 Å². The van der Waals surface area contributed by atoms with Gasteiger partial charge in [0.1, 0.15) is 0 Å². The van der Waals surface area contributed by atoms with Gasteiger partial charge in [-0.1, -0.05) is 6.07 Å².